The maximum absolute atomic E-state index is 12.5. The van der Waals surface area contributed by atoms with Crippen molar-refractivity contribution in [1.82, 2.24) is 14.6 Å². The smallest absolute Gasteiger partial charge is 0.267 e. The van der Waals surface area contributed by atoms with Crippen molar-refractivity contribution in [1.29, 1.82) is 0 Å². The number of nitrogens with one attached hydrogen (secondary N) is 2. The summed E-state index contributed by atoms with van der Waals surface area (Å²) < 4.78 is 26.1. The van der Waals surface area contributed by atoms with Crippen LogP contribution in [0.1, 0.15) is 15.9 Å². The summed E-state index contributed by atoms with van der Waals surface area (Å²) in [6.45, 7) is 4.31. The highest BCUT2D eigenvalue weighted by atomic mass is 32.2. The summed E-state index contributed by atoms with van der Waals surface area (Å²) in [5.74, 6) is 0.201. The molecule has 0 saturated carbocycles. The Labute approximate surface area is 135 Å². The molecule has 1 fully saturated rings. The average Bonchev–Trinajstić information content (AvgIpc) is 2.96. The summed E-state index contributed by atoms with van der Waals surface area (Å²) in [6, 6.07) is 8.13. The number of aryl methyl sites for hydroxylation is 1. The number of hydrogen-bond donors (Lipinski definition) is 2. The van der Waals surface area contributed by atoms with E-state index in [0.29, 0.717) is 18.0 Å². The zero-order chi connectivity index (χ0) is 16.4. The van der Waals surface area contributed by atoms with Gasteiger partial charge in [-0.2, -0.15) is 0 Å². The number of amides is 1. The molecule has 6 nitrogen and oxygen atoms in total. The number of rotatable bonds is 5. The molecule has 2 aromatic rings. The van der Waals surface area contributed by atoms with Gasteiger partial charge in [0, 0.05) is 37.9 Å². The third-order valence-electron chi connectivity index (χ3n) is 3.94. The second kappa shape index (κ2) is 6.17. The SMILES string of the molecule is Cc1ccc(S(=O)(=O)n2ccc(C(=O)NCC3CNC3)c2)cc1. The lowest BCUT2D eigenvalue weighted by molar-refractivity contribution is 0.0942. The molecule has 122 valence electrons. The maximum Gasteiger partial charge on any atom is 0.267 e. The van der Waals surface area contributed by atoms with Crippen LogP contribution in [-0.4, -0.2) is 37.9 Å². The Morgan fingerprint density at radius 3 is 2.57 bits per heavy atom. The zero-order valence-electron chi connectivity index (χ0n) is 12.8. The van der Waals surface area contributed by atoms with Crippen LogP contribution in [-0.2, 0) is 10.0 Å². The van der Waals surface area contributed by atoms with E-state index in [2.05, 4.69) is 10.6 Å². The topological polar surface area (TPSA) is 80.2 Å². The summed E-state index contributed by atoms with van der Waals surface area (Å²) in [7, 11) is -3.67. The molecule has 0 atom stereocenters. The fourth-order valence-electron chi connectivity index (χ4n) is 2.32. The van der Waals surface area contributed by atoms with E-state index in [9.17, 15) is 13.2 Å². The highest BCUT2D eigenvalue weighted by Gasteiger charge is 2.20. The van der Waals surface area contributed by atoms with Crippen LogP contribution in [0.15, 0.2) is 47.6 Å². The predicted molar refractivity (Wildman–Crippen MR) is 86.9 cm³/mol. The molecule has 23 heavy (non-hydrogen) atoms. The highest BCUT2D eigenvalue weighted by molar-refractivity contribution is 7.90. The molecule has 0 bridgehead atoms. The van der Waals surface area contributed by atoms with Gasteiger partial charge in [0.25, 0.3) is 15.9 Å². The van der Waals surface area contributed by atoms with Crippen molar-refractivity contribution in [2.45, 2.75) is 11.8 Å². The van der Waals surface area contributed by atoms with Gasteiger partial charge in [-0.05, 0) is 25.1 Å². The summed E-state index contributed by atoms with van der Waals surface area (Å²) in [5.41, 5.74) is 1.33. The molecule has 0 radical (unpaired) electrons. The summed E-state index contributed by atoms with van der Waals surface area (Å²) in [4.78, 5) is 12.3. The number of nitrogens with zero attached hydrogens (tertiary/aromatic N) is 1. The summed E-state index contributed by atoms with van der Waals surface area (Å²) in [6.07, 6.45) is 2.75. The summed E-state index contributed by atoms with van der Waals surface area (Å²) >= 11 is 0. The number of carbonyl (C=O) groups excluding carboxylic acids is 1. The van der Waals surface area contributed by atoms with Gasteiger partial charge >= 0.3 is 0 Å². The van der Waals surface area contributed by atoms with Crippen molar-refractivity contribution in [3.8, 4) is 0 Å². The molecule has 1 aromatic heterocycles. The molecule has 3 rings (SSSR count). The Kier molecular flexibility index (Phi) is 4.23. The van der Waals surface area contributed by atoms with Crippen LogP contribution < -0.4 is 10.6 Å². The standard InChI is InChI=1S/C16H19N3O3S/c1-12-2-4-15(5-3-12)23(21,22)19-7-6-14(11-19)16(20)18-10-13-8-17-9-13/h2-7,11,13,17H,8-10H2,1H3,(H,18,20). The van der Waals surface area contributed by atoms with Crippen molar-refractivity contribution in [3.05, 3.63) is 53.9 Å². The predicted octanol–water partition coefficient (Wildman–Crippen LogP) is 0.983. The van der Waals surface area contributed by atoms with Crippen molar-refractivity contribution in [2.75, 3.05) is 19.6 Å². The molecule has 0 spiro atoms. The van der Waals surface area contributed by atoms with Gasteiger partial charge in [-0.25, -0.2) is 12.4 Å². The van der Waals surface area contributed by atoms with Gasteiger partial charge in [-0.15, -0.1) is 0 Å². The van der Waals surface area contributed by atoms with Crippen LogP contribution in [0.5, 0.6) is 0 Å². The van der Waals surface area contributed by atoms with Crippen LogP contribution in [0.2, 0.25) is 0 Å². The normalized spacial score (nSPS) is 15.2. The molecule has 1 aromatic carbocycles. The van der Waals surface area contributed by atoms with Crippen LogP contribution in [0.25, 0.3) is 0 Å². The van der Waals surface area contributed by atoms with Crippen LogP contribution >= 0.6 is 0 Å². The fraction of sp³-hybridized carbons (Fsp3) is 0.312. The van der Waals surface area contributed by atoms with E-state index in [0.717, 1.165) is 22.6 Å². The Morgan fingerprint density at radius 1 is 1.26 bits per heavy atom. The fourth-order valence-corrected chi connectivity index (χ4v) is 3.52. The molecule has 7 heteroatoms. The Morgan fingerprint density at radius 2 is 1.96 bits per heavy atom. The lowest BCUT2D eigenvalue weighted by Gasteiger charge is -2.26. The van der Waals surface area contributed by atoms with E-state index in [1.807, 2.05) is 6.92 Å². The first-order valence-corrected chi connectivity index (χ1v) is 8.90. The van der Waals surface area contributed by atoms with Crippen molar-refractivity contribution in [2.24, 2.45) is 5.92 Å². The molecule has 0 unspecified atom stereocenters. The molecular weight excluding hydrogens is 314 g/mol. The Hall–Kier alpha value is -2.12. The van der Waals surface area contributed by atoms with Crippen LogP contribution in [0.3, 0.4) is 0 Å². The van der Waals surface area contributed by atoms with E-state index in [1.165, 1.54) is 18.5 Å². The first-order chi connectivity index (χ1) is 11.0. The van der Waals surface area contributed by atoms with E-state index in [4.69, 9.17) is 0 Å². The lowest BCUT2D eigenvalue weighted by Crippen LogP contribution is -2.48. The van der Waals surface area contributed by atoms with Gasteiger partial charge in [0.1, 0.15) is 0 Å². The molecule has 0 aliphatic carbocycles. The quantitative estimate of drug-likeness (QED) is 0.855. The van der Waals surface area contributed by atoms with Gasteiger partial charge in [0.15, 0.2) is 0 Å². The number of hydrogen-bond acceptors (Lipinski definition) is 4. The Bertz CT molecular complexity index is 805. The average molecular weight is 333 g/mol. The van der Waals surface area contributed by atoms with Crippen molar-refractivity contribution < 1.29 is 13.2 Å². The minimum Gasteiger partial charge on any atom is -0.352 e. The van der Waals surface area contributed by atoms with Gasteiger partial charge in [0.2, 0.25) is 0 Å². The van der Waals surface area contributed by atoms with Crippen molar-refractivity contribution in [3.63, 3.8) is 0 Å². The lowest BCUT2D eigenvalue weighted by atomic mass is 10.0. The zero-order valence-corrected chi connectivity index (χ0v) is 13.6. The number of aromatic nitrogens is 1. The van der Waals surface area contributed by atoms with Gasteiger partial charge in [-0.1, -0.05) is 17.7 Å². The first-order valence-electron chi connectivity index (χ1n) is 7.46. The van der Waals surface area contributed by atoms with Crippen LogP contribution in [0.4, 0.5) is 0 Å². The monoisotopic (exact) mass is 333 g/mol. The molecular formula is C16H19N3O3S. The van der Waals surface area contributed by atoms with Gasteiger partial charge in [0.05, 0.1) is 10.5 Å². The minimum absolute atomic E-state index is 0.200. The molecule has 1 amide bonds. The molecule has 1 aliphatic heterocycles. The Balaban J connectivity index is 1.74. The summed E-state index contributed by atoms with van der Waals surface area (Å²) in [5, 5.41) is 5.96. The first kappa shape index (κ1) is 15.8. The second-order valence-electron chi connectivity index (χ2n) is 5.78. The second-order valence-corrected chi connectivity index (χ2v) is 7.63. The van der Waals surface area contributed by atoms with E-state index in [1.54, 1.807) is 24.3 Å². The maximum atomic E-state index is 12.5. The third kappa shape index (κ3) is 3.30. The van der Waals surface area contributed by atoms with E-state index >= 15 is 0 Å². The van der Waals surface area contributed by atoms with Crippen LogP contribution in [0, 0.1) is 12.8 Å². The van der Waals surface area contributed by atoms with Gasteiger partial charge in [-0.3, -0.25) is 4.79 Å². The van der Waals surface area contributed by atoms with E-state index in [-0.39, 0.29) is 10.8 Å². The minimum atomic E-state index is -3.67. The van der Waals surface area contributed by atoms with Gasteiger partial charge < -0.3 is 10.6 Å². The van der Waals surface area contributed by atoms with E-state index < -0.39 is 10.0 Å². The molecule has 1 saturated heterocycles. The number of benzene rings is 1. The highest BCUT2D eigenvalue weighted by Crippen LogP contribution is 2.16. The molecule has 1 aliphatic rings. The third-order valence-corrected chi connectivity index (χ3v) is 5.59. The largest absolute Gasteiger partial charge is 0.352 e. The van der Waals surface area contributed by atoms with Crippen molar-refractivity contribution >= 4 is 15.9 Å². The molecule has 2 N–H and O–H groups in total. The molecule has 2 heterocycles. The number of carbonyl (C=O) groups is 1.